The van der Waals surface area contributed by atoms with E-state index in [1.54, 1.807) is 36.4 Å². The van der Waals surface area contributed by atoms with Crippen LogP contribution < -0.4 is 5.32 Å². The number of anilines is 1. The molecule has 2 aromatic carbocycles. The molecule has 6 nitrogen and oxygen atoms in total. The van der Waals surface area contributed by atoms with Gasteiger partial charge in [-0.15, -0.1) is 16.8 Å². The maximum atomic E-state index is 12.2. The van der Waals surface area contributed by atoms with Gasteiger partial charge in [0.05, 0.1) is 17.4 Å². The summed E-state index contributed by atoms with van der Waals surface area (Å²) in [5.41, 5.74) is 2.02. The Kier molecular flexibility index (Phi) is 6.48. The molecular weight excluding hydrogens is 394 g/mol. The van der Waals surface area contributed by atoms with Gasteiger partial charge in [0.2, 0.25) is 5.91 Å². The first kappa shape index (κ1) is 19.7. The lowest BCUT2D eigenvalue weighted by molar-refractivity contribution is -0.113. The molecule has 0 radical (unpaired) electrons. The molecule has 8 heteroatoms. The number of allylic oxidation sites excluding steroid dienone is 1. The van der Waals surface area contributed by atoms with E-state index in [0.29, 0.717) is 33.8 Å². The van der Waals surface area contributed by atoms with Gasteiger partial charge in [-0.05, 0) is 36.4 Å². The number of carbonyl (C=O) groups excluding carboxylic acids is 1. The third kappa shape index (κ3) is 4.80. The van der Waals surface area contributed by atoms with Gasteiger partial charge in [0.25, 0.3) is 0 Å². The summed E-state index contributed by atoms with van der Waals surface area (Å²) >= 11 is 7.36. The highest BCUT2D eigenvalue weighted by Gasteiger charge is 2.15. The molecular formula is C20H16ClN5OS. The smallest absolute Gasteiger partial charge is 0.234 e. The number of nitrogens with zero attached hydrogens (tertiary/aromatic N) is 4. The SMILES string of the molecule is C=CCn1c(SCC(=O)Nc2ccc(C#N)cc2)nnc1-c1cccc(Cl)c1. The van der Waals surface area contributed by atoms with Crippen LogP contribution in [0, 0.1) is 11.3 Å². The number of thioether (sulfide) groups is 1. The zero-order chi connectivity index (χ0) is 19.9. The quantitative estimate of drug-likeness (QED) is 0.462. The largest absolute Gasteiger partial charge is 0.325 e. The lowest BCUT2D eigenvalue weighted by Gasteiger charge is -2.08. The van der Waals surface area contributed by atoms with E-state index in [0.717, 1.165) is 5.56 Å². The van der Waals surface area contributed by atoms with E-state index in [2.05, 4.69) is 22.1 Å². The second-order valence-electron chi connectivity index (χ2n) is 5.74. The van der Waals surface area contributed by atoms with Crippen LogP contribution in [0.3, 0.4) is 0 Å². The molecule has 0 aliphatic heterocycles. The summed E-state index contributed by atoms with van der Waals surface area (Å²) in [7, 11) is 0. The van der Waals surface area contributed by atoms with Gasteiger partial charge in [-0.25, -0.2) is 0 Å². The van der Waals surface area contributed by atoms with Crippen molar-refractivity contribution in [3.05, 3.63) is 71.8 Å². The summed E-state index contributed by atoms with van der Waals surface area (Å²) in [6.45, 7) is 4.29. The molecule has 0 aliphatic rings. The molecule has 0 fully saturated rings. The minimum Gasteiger partial charge on any atom is -0.325 e. The van der Waals surface area contributed by atoms with Crippen molar-refractivity contribution in [2.45, 2.75) is 11.7 Å². The Labute approximate surface area is 171 Å². The highest BCUT2D eigenvalue weighted by atomic mass is 35.5. The van der Waals surface area contributed by atoms with Gasteiger partial charge < -0.3 is 5.32 Å². The number of nitriles is 1. The van der Waals surface area contributed by atoms with Crippen LogP contribution in [0.1, 0.15) is 5.56 Å². The van der Waals surface area contributed by atoms with E-state index < -0.39 is 0 Å². The van der Waals surface area contributed by atoms with Gasteiger partial charge in [0, 0.05) is 22.8 Å². The Morgan fingerprint density at radius 1 is 1.29 bits per heavy atom. The number of aromatic nitrogens is 3. The van der Waals surface area contributed by atoms with E-state index in [1.807, 2.05) is 28.8 Å². The minimum absolute atomic E-state index is 0.171. The van der Waals surface area contributed by atoms with Crippen LogP contribution in [0.25, 0.3) is 11.4 Å². The van der Waals surface area contributed by atoms with Crippen molar-refractivity contribution in [2.24, 2.45) is 0 Å². The molecule has 3 rings (SSSR count). The van der Waals surface area contributed by atoms with Crippen molar-refractivity contribution < 1.29 is 4.79 Å². The number of nitrogens with one attached hydrogen (secondary N) is 1. The van der Waals surface area contributed by atoms with Crippen molar-refractivity contribution in [2.75, 3.05) is 11.1 Å². The average molecular weight is 410 g/mol. The molecule has 0 unspecified atom stereocenters. The summed E-state index contributed by atoms with van der Waals surface area (Å²) in [6.07, 6.45) is 1.75. The number of benzene rings is 2. The molecule has 0 bridgehead atoms. The minimum atomic E-state index is -0.174. The predicted molar refractivity (Wildman–Crippen MR) is 111 cm³/mol. The van der Waals surface area contributed by atoms with Crippen molar-refractivity contribution in [1.82, 2.24) is 14.8 Å². The van der Waals surface area contributed by atoms with Gasteiger partial charge in [-0.3, -0.25) is 9.36 Å². The fourth-order valence-electron chi connectivity index (χ4n) is 2.49. The molecule has 1 heterocycles. The second-order valence-corrected chi connectivity index (χ2v) is 7.12. The number of hydrogen-bond donors (Lipinski definition) is 1. The number of halogens is 1. The maximum Gasteiger partial charge on any atom is 0.234 e. The molecule has 140 valence electrons. The van der Waals surface area contributed by atoms with Crippen LogP contribution in [0.4, 0.5) is 5.69 Å². The fourth-order valence-corrected chi connectivity index (χ4v) is 3.42. The normalized spacial score (nSPS) is 10.3. The van der Waals surface area contributed by atoms with Crippen LogP contribution in [0.2, 0.25) is 5.02 Å². The Bertz CT molecular complexity index is 1040. The number of carbonyl (C=O) groups is 1. The number of hydrogen-bond acceptors (Lipinski definition) is 5. The van der Waals surface area contributed by atoms with Gasteiger partial charge in [0.1, 0.15) is 0 Å². The molecule has 0 spiro atoms. The summed E-state index contributed by atoms with van der Waals surface area (Å²) in [5, 5.41) is 21.3. The zero-order valence-electron chi connectivity index (χ0n) is 14.8. The predicted octanol–water partition coefficient (Wildman–Crippen LogP) is 4.39. The topological polar surface area (TPSA) is 83.6 Å². The summed E-state index contributed by atoms with van der Waals surface area (Å²) in [5.74, 6) is 0.662. The Balaban J connectivity index is 1.70. The summed E-state index contributed by atoms with van der Waals surface area (Å²) in [4.78, 5) is 12.2. The first-order valence-corrected chi connectivity index (χ1v) is 9.70. The van der Waals surface area contributed by atoms with Gasteiger partial charge >= 0.3 is 0 Å². The van der Waals surface area contributed by atoms with Crippen LogP contribution in [0.5, 0.6) is 0 Å². The second kappa shape index (κ2) is 9.22. The van der Waals surface area contributed by atoms with Crippen LogP contribution in [0.15, 0.2) is 66.3 Å². The van der Waals surface area contributed by atoms with E-state index in [9.17, 15) is 4.79 Å². The third-order valence-electron chi connectivity index (χ3n) is 3.74. The van der Waals surface area contributed by atoms with Gasteiger partial charge in [0.15, 0.2) is 11.0 Å². The molecule has 0 saturated heterocycles. The molecule has 28 heavy (non-hydrogen) atoms. The lowest BCUT2D eigenvalue weighted by Crippen LogP contribution is -2.14. The third-order valence-corrected chi connectivity index (χ3v) is 4.94. The van der Waals surface area contributed by atoms with E-state index >= 15 is 0 Å². The average Bonchev–Trinajstić information content (AvgIpc) is 3.10. The number of amides is 1. The van der Waals surface area contributed by atoms with Crippen molar-refractivity contribution in [3.8, 4) is 17.5 Å². The molecule has 1 amide bonds. The maximum absolute atomic E-state index is 12.2. The zero-order valence-corrected chi connectivity index (χ0v) is 16.4. The highest BCUT2D eigenvalue weighted by molar-refractivity contribution is 7.99. The molecule has 1 aromatic heterocycles. The summed E-state index contributed by atoms with van der Waals surface area (Å²) < 4.78 is 1.89. The first-order valence-electron chi connectivity index (χ1n) is 8.33. The summed E-state index contributed by atoms with van der Waals surface area (Å²) in [6, 6.07) is 16.1. The van der Waals surface area contributed by atoms with Crippen molar-refractivity contribution in [3.63, 3.8) is 0 Å². The molecule has 1 N–H and O–H groups in total. The van der Waals surface area contributed by atoms with E-state index in [1.165, 1.54) is 11.8 Å². The molecule has 0 aliphatic carbocycles. The van der Waals surface area contributed by atoms with E-state index in [-0.39, 0.29) is 11.7 Å². The van der Waals surface area contributed by atoms with Gasteiger partial charge in [-0.1, -0.05) is 41.6 Å². The Morgan fingerprint density at radius 2 is 2.07 bits per heavy atom. The van der Waals surface area contributed by atoms with Crippen LogP contribution in [-0.2, 0) is 11.3 Å². The van der Waals surface area contributed by atoms with Crippen LogP contribution in [-0.4, -0.2) is 26.4 Å². The lowest BCUT2D eigenvalue weighted by atomic mass is 10.2. The standard InChI is InChI=1S/C20H16ClN5OS/c1-2-10-26-19(15-4-3-5-16(21)11-15)24-25-20(26)28-13-18(27)23-17-8-6-14(12-22)7-9-17/h2-9,11H,1,10,13H2,(H,23,27). The molecule has 3 aromatic rings. The Morgan fingerprint density at radius 3 is 2.75 bits per heavy atom. The highest BCUT2D eigenvalue weighted by Crippen LogP contribution is 2.26. The fraction of sp³-hybridized carbons (Fsp3) is 0.100. The van der Waals surface area contributed by atoms with Gasteiger partial charge in [-0.2, -0.15) is 5.26 Å². The van der Waals surface area contributed by atoms with Crippen molar-refractivity contribution >= 4 is 35.0 Å². The van der Waals surface area contributed by atoms with Crippen molar-refractivity contribution in [1.29, 1.82) is 5.26 Å². The Hall–Kier alpha value is -3.08. The van der Waals surface area contributed by atoms with E-state index in [4.69, 9.17) is 16.9 Å². The number of rotatable bonds is 7. The van der Waals surface area contributed by atoms with Crippen LogP contribution >= 0.6 is 23.4 Å². The molecule has 0 saturated carbocycles. The monoisotopic (exact) mass is 409 g/mol. The first-order chi connectivity index (χ1) is 13.6. The molecule has 0 atom stereocenters.